The first-order chi connectivity index (χ1) is 17.8. The molecule has 0 saturated heterocycles. The Kier molecular flexibility index (Phi) is 4.37. The lowest BCUT2D eigenvalue weighted by Crippen LogP contribution is -2.19. The number of aromatic nitrogens is 2. The van der Waals surface area contributed by atoms with Gasteiger partial charge in [0.15, 0.2) is 0 Å². The van der Waals surface area contributed by atoms with Gasteiger partial charge in [-0.15, -0.1) is 0 Å². The summed E-state index contributed by atoms with van der Waals surface area (Å²) < 4.78 is 0. The van der Waals surface area contributed by atoms with E-state index in [4.69, 9.17) is 0 Å². The predicted molar refractivity (Wildman–Crippen MR) is 141 cm³/mol. The SMILES string of the molecule is N#Cc1ccc(C2c3[nH]c4ccccc4c3C(c3ccc(C#N)cc3)c3[nH]c4ccccc4c32)cc1. The molecule has 6 aromatic rings. The number of benzene rings is 4. The third kappa shape index (κ3) is 2.86. The molecule has 4 nitrogen and oxygen atoms in total. The van der Waals surface area contributed by atoms with Gasteiger partial charge in [-0.05, 0) is 58.7 Å². The summed E-state index contributed by atoms with van der Waals surface area (Å²) in [6.07, 6.45) is 0. The van der Waals surface area contributed by atoms with E-state index >= 15 is 0 Å². The monoisotopic (exact) mass is 460 g/mol. The molecule has 0 fully saturated rings. The maximum absolute atomic E-state index is 9.37. The van der Waals surface area contributed by atoms with Crippen molar-refractivity contribution in [2.45, 2.75) is 11.8 Å². The molecule has 4 heteroatoms. The fourth-order valence-corrected chi connectivity index (χ4v) is 5.90. The van der Waals surface area contributed by atoms with Crippen LogP contribution < -0.4 is 0 Å². The Balaban J connectivity index is 1.59. The number of nitrogens with one attached hydrogen (secondary N) is 2. The number of hydrogen-bond acceptors (Lipinski definition) is 2. The van der Waals surface area contributed by atoms with Gasteiger partial charge in [0.25, 0.3) is 0 Å². The number of para-hydroxylation sites is 2. The lowest BCUT2D eigenvalue weighted by molar-refractivity contribution is 0.801. The van der Waals surface area contributed by atoms with E-state index in [0.29, 0.717) is 11.1 Å². The van der Waals surface area contributed by atoms with Gasteiger partial charge in [-0.3, -0.25) is 0 Å². The highest BCUT2D eigenvalue weighted by Gasteiger charge is 2.39. The Morgan fingerprint density at radius 1 is 0.500 bits per heavy atom. The molecule has 0 spiro atoms. The number of nitrogens with zero attached hydrogens (tertiary/aromatic N) is 2. The number of fused-ring (bicyclic) bond motifs is 6. The molecule has 168 valence electrons. The summed E-state index contributed by atoms with van der Waals surface area (Å²) in [5.74, 6) is -0.0261. The highest BCUT2D eigenvalue weighted by molar-refractivity contribution is 5.93. The minimum absolute atomic E-state index is 0.0130. The first-order valence-corrected chi connectivity index (χ1v) is 12.0. The van der Waals surface area contributed by atoms with Crippen molar-refractivity contribution in [3.8, 4) is 12.1 Å². The third-order valence-electron chi connectivity index (χ3n) is 7.45. The normalized spacial score (nSPS) is 16.3. The molecule has 7 rings (SSSR count). The first-order valence-electron chi connectivity index (χ1n) is 12.0. The average Bonchev–Trinajstić information content (AvgIpc) is 3.51. The van der Waals surface area contributed by atoms with Crippen molar-refractivity contribution in [1.29, 1.82) is 10.5 Å². The predicted octanol–water partition coefficient (Wildman–Crippen LogP) is 7.07. The van der Waals surface area contributed by atoms with Gasteiger partial charge in [0.1, 0.15) is 0 Å². The second-order valence-electron chi connectivity index (χ2n) is 9.33. The molecule has 2 N–H and O–H groups in total. The molecule has 0 saturated carbocycles. The Labute approximate surface area is 208 Å². The van der Waals surface area contributed by atoms with Crippen molar-refractivity contribution >= 4 is 21.8 Å². The van der Waals surface area contributed by atoms with E-state index < -0.39 is 0 Å². The smallest absolute Gasteiger partial charge is 0.0991 e. The number of rotatable bonds is 2. The summed E-state index contributed by atoms with van der Waals surface area (Å²) in [5.41, 5.74) is 10.7. The minimum Gasteiger partial charge on any atom is -0.357 e. The molecule has 2 atom stereocenters. The first kappa shape index (κ1) is 20.3. The average molecular weight is 461 g/mol. The van der Waals surface area contributed by atoms with Crippen LogP contribution in [0.1, 0.15) is 56.6 Å². The van der Waals surface area contributed by atoms with Gasteiger partial charge in [0.05, 0.1) is 35.1 Å². The lowest BCUT2D eigenvalue weighted by Gasteiger charge is -2.31. The molecular weight excluding hydrogens is 440 g/mol. The molecule has 0 bridgehead atoms. The van der Waals surface area contributed by atoms with Crippen molar-refractivity contribution in [3.63, 3.8) is 0 Å². The van der Waals surface area contributed by atoms with Crippen LogP contribution in [0.2, 0.25) is 0 Å². The van der Waals surface area contributed by atoms with Gasteiger partial charge >= 0.3 is 0 Å². The zero-order chi connectivity index (χ0) is 24.2. The van der Waals surface area contributed by atoms with Crippen molar-refractivity contribution in [2.75, 3.05) is 0 Å². The Morgan fingerprint density at radius 3 is 1.28 bits per heavy atom. The molecule has 4 aromatic carbocycles. The van der Waals surface area contributed by atoms with Gasteiger partial charge in [-0.25, -0.2) is 0 Å². The van der Waals surface area contributed by atoms with Crippen LogP contribution in [0.15, 0.2) is 97.1 Å². The van der Waals surface area contributed by atoms with E-state index in [9.17, 15) is 10.5 Å². The fourth-order valence-electron chi connectivity index (χ4n) is 5.90. The van der Waals surface area contributed by atoms with Crippen LogP contribution in [0.5, 0.6) is 0 Å². The second-order valence-corrected chi connectivity index (χ2v) is 9.33. The van der Waals surface area contributed by atoms with Crippen molar-refractivity contribution in [3.05, 3.63) is 142 Å². The maximum atomic E-state index is 9.37. The maximum Gasteiger partial charge on any atom is 0.0991 e. The van der Waals surface area contributed by atoms with Gasteiger partial charge in [-0.2, -0.15) is 10.5 Å². The summed E-state index contributed by atoms with van der Waals surface area (Å²) >= 11 is 0. The molecule has 1 aliphatic carbocycles. The molecule has 0 radical (unpaired) electrons. The Hall–Kier alpha value is -5.06. The van der Waals surface area contributed by atoms with E-state index in [2.05, 4.69) is 94.9 Å². The van der Waals surface area contributed by atoms with Gasteiger partial charge < -0.3 is 9.97 Å². The molecule has 0 aliphatic heterocycles. The molecule has 2 heterocycles. The Morgan fingerprint density at radius 2 is 0.889 bits per heavy atom. The summed E-state index contributed by atoms with van der Waals surface area (Å²) in [4.78, 5) is 7.56. The van der Waals surface area contributed by atoms with Gasteiger partial charge in [0.2, 0.25) is 0 Å². The zero-order valence-electron chi connectivity index (χ0n) is 19.3. The van der Waals surface area contributed by atoms with E-state index in [-0.39, 0.29) is 11.8 Å². The summed E-state index contributed by atoms with van der Waals surface area (Å²) in [5, 5.41) is 21.1. The highest BCUT2D eigenvalue weighted by Crippen LogP contribution is 2.52. The standard InChI is InChI=1S/C32H20N4/c33-17-19-9-13-21(14-10-19)27-29-23-5-1-3-7-25(23)35-31(29)28(22-15-11-20(18-34)12-16-22)30-24-6-2-4-8-26(24)36-32(27)30/h1-16,27-28,35-36H. The lowest BCUT2D eigenvalue weighted by atomic mass is 9.72. The van der Waals surface area contributed by atoms with Crippen LogP contribution in [-0.2, 0) is 0 Å². The quantitative estimate of drug-likeness (QED) is 0.289. The third-order valence-corrected chi connectivity index (χ3v) is 7.45. The van der Waals surface area contributed by atoms with Crippen LogP contribution in [0.25, 0.3) is 21.8 Å². The summed E-state index contributed by atoms with van der Waals surface area (Å²) in [7, 11) is 0. The Bertz CT molecular complexity index is 1720. The number of H-pyrrole nitrogens is 2. The fraction of sp³-hybridized carbons (Fsp3) is 0.0625. The molecular formula is C32H20N4. The van der Waals surface area contributed by atoms with E-state index in [1.54, 1.807) is 0 Å². The molecule has 2 unspecified atom stereocenters. The second kappa shape index (κ2) is 7.73. The van der Waals surface area contributed by atoms with Crippen LogP contribution in [-0.4, -0.2) is 9.97 Å². The molecule has 0 amide bonds. The van der Waals surface area contributed by atoms with Crippen molar-refractivity contribution in [2.24, 2.45) is 0 Å². The van der Waals surface area contributed by atoms with Gasteiger partial charge in [0, 0.05) is 33.2 Å². The summed E-state index contributed by atoms with van der Waals surface area (Å²) in [6.45, 7) is 0. The van der Waals surface area contributed by atoms with Crippen LogP contribution in [0.4, 0.5) is 0 Å². The van der Waals surface area contributed by atoms with Crippen molar-refractivity contribution in [1.82, 2.24) is 9.97 Å². The van der Waals surface area contributed by atoms with Crippen LogP contribution in [0, 0.1) is 22.7 Å². The van der Waals surface area contributed by atoms with E-state index in [0.717, 1.165) is 22.2 Å². The van der Waals surface area contributed by atoms with E-state index in [1.165, 1.54) is 33.3 Å². The minimum atomic E-state index is -0.0130. The largest absolute Gasteiger partial charge is 0.357 e. The topological polar surface area (TPSA) is 79.2 Å². The van der Waals surface area contributed by atoms with Crippen LogP contribution in [0.3, 0.4) is 0 Å². The van der Waals surface area contributed by atoms with Crippen molar-refractivity contribution < 1.29 is 0 Å². The number of hydrogen-bond donors (Lipinski definition) is 2. The number of nitriles is 2. The molecule has 1 aliphatic rings. The van der Waals surface area contributed by atoms with E-state index in [1.807, 2.05) is 24.3 Å². The molecule has 2 aromatic heterocycles. The highest BCUT2D eigenvalue weighted by atomic mass is 14.8. The molecule has 36 heavy (non-hydrogen) atoms. The zero-order valence-corrected chi connectivity index (χ0v) is 19.3. The van der Waals surface area contributed by atoms with Gasteiger partial charge in [-0.1, -0.05) is 60.7 Å². The number of aromatic amines is 2. The van der Waals surface area contributed by atoms with Crippen LogP contribution >= 0.6 is 0 Å². The summed E-state index contributed by atoms with van der Waals surface area (Å²) in [6, 6.07) is 37.3.